The summed E-state index contributed by atoms with van der Waals surface area (Å²) in [6, 6.07) is 5.58. The quantitative estimate of drug-likeness (QED) is 0.817. The third-order valence-corrected chi connectivity index (χ3v) is 4.51. The highest BCUT2D eigenvalue weighted by atomic mass is 35.5. The van der Waals surface area contributed by atoms with E-state index in [1.165, 1.54) is 18.9 Å². The van der Waals surface area contributed by atoms with Crippen LogP contribution in [0.15, 0.2) is 18.2 Å². The Bertz CT molecular complexity index is 415. The predicted molar refractivity (Wildman–Crippen MR) is 74.5 cm³/mol. The maximum absolute atomic E-state index is 13.4. The lowest BCUT2D eigenvalue weighted by molar-refractivity contribution is 0.350. The van der Waals surface area contributed by atoms with Gasteiger partial charge in [0.2, 0.25) is 0 Å². The lowest BCUT2D eigenvalue weighted by atomic mass is 9.89. The normalized spacial score (nSPS) is 18.7. The zero-order valence-corrected chi connectivity index (χ0v) is 11.9. The third-order valence-electron chi connectivity index (χ3n) is 4.09. The zero-order valence-electron chi connectivity index (χ0n) is 11.1. The molecule has 1 nitrogen and oxygen atoms in total. The SMILES string of the molecule is CCCNC(C)C1(Cc2cccc(F)c2Cl)CC1. The van der Waals surface area contributed by atoms with Crippen LogP contribution in [0.1, 0.15) is 38.7 Å². The van der Waals surface area contributed by atoms with Gasteiger partial charge in [-0.1, -0.05) is 30.7 Å². The van der Waals surface area contributed by atoms with Crippen molar-refractivity contribution < 1.29 is 4.39 Å². The fourth-order valence-corrected chi connectivity index (χ4v) is 2.76. The van der Waals surface area contributed by atoms with E-state index in [0.29, 0.717) is 11.1 Å². The van der Waals surface area contributed by atoms with E-state index in [1.54, 1.807) is 6.07 Å². The summed E-state index contributed by atoms with van der Waals surface area (Å²) in [6.45, 7) is 5.44. The van der Waals surface area contributed by atoms with E-state index in [0.717, 1.165) is 24.9 Å². The molecular weight excluding hydrogens is 249 g/mol. The first-order chi connectivity index (χ1) is 8.59. The highest BCUT2D eigenvalue weighted by molar-refractivity contribution is 6.31. The predicted octanol–water partition coefficient (Wildman–Crippen LogP) is 4.19. The van der Waals surface area contributed by atoms with Gasteiger partial charge in [0.05, 0.1) is 5.02 Å². The van der Waals surface area contributed by atoms with Crippen molar-refractivity contribution in [3.8, 4) is 0 Å². The van der Waals surface area contributed by atoms with Crippen LogP contribution < -0.4 is 5.32 Å². The van der Waals surface area contributed by atoms with Crippen LogP contribution in [0.4, 0.5) is 4.39 Å². The van der Waals surface area contributed by atoms with Crippen molar-refractivity contribution in [1.29, 1.82) is 0 Å². The van der Waals surface area contributed by atoms with E-state index in [1.807, 2.05) is 6.07 Å². The van der Waals surface area contributed by atoms with Crippen molar-refractivity contribution in [2.24, 2.45) is 5.41 Å². The van der Waals surface area contributed by atoms with Crippen LogP contribution in [0.3, 0.4) is 0 Å². The van der Waals surface area contributed by atoms with Crippen LogP contribution in [0.25, 0.3) is 0 Å². The molecule has 1 unspecified atom stereocenters. The summed E-state index contributed by atoms with van der Waals surface area (Å²) in [6.07, 6.45) is 4.43. The first-order valence-electron chi connectivity index (χ1n) is 6.75. The molecule has 0 saturated heterocycles. The van der Waals surface area contributed by atoms with Gasteiger partial charge < -0.3 is 5.32 Å². The monoisotopic (exact) mass is 269 g/mol. The molecule has 0 amide bonds. The topological polar surface area (TPSA) is 12.0 Å². The minimum Gasteiger partial charge on any atom is -0.314 e. The summed E-state index contributed by atoms with van der Waals surface area (Å²) in [5.41, 5.74) is 1.23. The Hall–Kier alpha value is -0.600. The van der Waals surface area contributed by atoms with Crippen molar-refractivity contribution in [1.82, 2.24) is 5.32 Å². The van der Waals surface area contributed by atoms with Crippen LogP contribution in [-0.4, -0.2) is 12.6 Å². The van der Waals surface area contributed by atoms with Crippen molar-refractivity contribution in [2.45, 2.75) is 45.6 Å². The lowest BCUT2D eigenvalue weighted by Crippen LogP contribution is -2.36. The average molecular weight is 270 g/mol. The van der Waals surface area contributed by atoms with Gasteiger partial charge in [-0.3, -0.25) is 0 Å². The zero-order chi connectivity index (χ0) is 13.2. The van der Waals surface area contributed by atoms with Crippen LogP contribution in [0, 0.1) is 11.2 Å². The molecule has 3 heteroatoms. The molecule has 1 N–H and O–H groups in total. The molecule has 0 aliphatic heterocycles. The number of hydrogen-bond donors (Lipinski definition) is 1. The molecule has 0 spiro atoms. The van der Waals surface area contributed by atoms with Gasteiger partial charge in [-0.15, -0.1) is 0 Å². The summed E-state index contributed by atoms with van der Waals surface area (Å²) in [5.74, 6) is -0.306. The lowest BCUT2D eigenvalue weighted by Gasteiger charge is -2.25. The first-order valence-corrected chi connectivity index (χ1v) is 7.13. The van der Waals surface area contributed by atoms with Crippen LogP contribution in [-0.2, 0) is 6.42 Å². The van der Waals surface area contributed by atoms with Gasteiger partial charge in [0.25, 0.3) is 0 Å². The van der Waals surface area contributed by atoms with E-state index in [4.69, 9.17) is 11.6 Å². The molecule has 1 aliphatic rings. The Kier molecular flexibility index (Phi) is 4.29. The second kappa shape index (κ2) is 5.58. The number of rotatable bonds is 6. The van der Waals surface area contributed by atoms with Gasteiger partial charge in [0.1, 0.15) is 5.82 Å². The third kappa shape index (κ3) is 2.86. The Morgan fingerprint density at radius 3 is 2.78 bits per heavy atom. The van der Waals surface area contributed by atoms with Crippen LogP contribution >= 0.6 is 11.6 Å². The number of benzene rings is 1. The fraction of sp³-hybridized carbons (Fsp3) is 0.600. The molecule has 2 rings (SSSR count). The Balaban J connectivity index is 2.06. The Morgan fingerprint density at radius 1 is 1.44 bits per heavy atom. The molecule has 0 radical (unpaired) electrons. The van der Waals surface area contributed by atoms with Gasteiger partial charge in [0.15, 0.2) is 0 Å². The molecule has 0 aromatic heterocycles. The highest BCUT2D eigenvalue weighted by Gasteiger charge is 2.47. The summed E-state index contributed by atoms with van der Waals surface area (Å²) in [5, 5.41) is 3.85. The van der Waals surface area contributed by atoms with E-state index < -0.39 is 0 Å². The fourth-order valence-electron chi connectivity index (χ4n) is 2.57. The van der Waals surface area contributed by atoms with Gasteiger partial charge in [0, 0.05) is 6.04 Å². The Labute approximate surface area is 114 Å². The largest absolute Gasteiger partial charge is 0.314 e. The van der Waals surface area contributed by atoms with Gasteiger partial charge in [-0.25, -0.2) is 4.39 Å². The minimum absolute atomic E-state index is 0.284. The summed E-state index contributed by atoms with van der Waals surface area (Å²) < 4.78 is 13.4. The number of hydrogen-bond acceptors (Lipinski definition) is 1. The maximum Gasteiger partial charge on any atom is 0.142 e. The molecule has 1 fully saturated rings. The van der Waals surface area contributed by atoms with Crippen molar-refractivity contribution in [2.75, 3.05) is 6.54 Å². The Morgan fingerprint density at radius 2 is 2.17 bits per heavy atom. The standard InChI is InChI=1S/C15H21ClFN/c1-3-9-18-11(2)15(7-8-15)10-12-5-4-6-13(17)14(12)16/h4-6,11,18H,3,7-10H2,1-2H3. The summed E-state index contributed by atoms with van der Waals surface area (Å²) in [7, 11) is 0. The molecule has 0 heterocycles. The number of halogens is 2. The molecule has 1 aromatic carbocycles. The molecule has 0 bridgehead atoms. The minimum atomic E-state index is -0.306. The smallest absolute Gasteiger partial charge is 0.142 e. The summed E-state index contributed by atoms with van der Waals surface area (Å²) >= 11 is 6.04. The average Bonchev–Trinajstić information content (AvgIpc) is 3.13. The molecule has 1 aromatic rings. The van der Waals surface area contributed by atoms with Crippen molar-refractivity contribution in [3.05, 3.63) is 34.6 Å². The molecular formula is C15H21ClFN. The van der Waals surface area contributed by atoms with Crippen molar-refractivity contribution in [3.63, 3.8) is 0 Å². The second-order valence-electron chi connectivity index (χ2n) is 5.43. The van der Waals surface area contributed by atoms with E-state index in [-0.39, 0.29) is 11.2 Å². The first kappa shape index (κ1) is 13.8. The van der Waals surface area contributed by atoms with Crippen molar-refractivity contribution >= 4 is 11.6 Å². The maximum atomic E-state index is 13.4. The van der Waals surface area contributed by atoms with Crippen LogP contribution in [0.2, 0.25) is 5.02 Å². The molecule has 1 atom stereocenters. The molecule has 1 aliphatic carbocycles. The van der Waals surface area contributed by atoms with E-state index in [9.17, 15) is 4.39 Å². The van der Waals surface area contributed by atoms with E-state index >= 15 is 0 Å². The summed E-state index contributed by atoms with van der Waals surface area (Å²) in [4.78, 5) is 0. The van der Waals surface area contributed by atoms with Crippen LogP contribution in [0.5, 0.6) is 0 Å². The van der Waals surface area contributed by atoms with Gasteiger partial charge >= 0.3 is 0 Å². The molecule has 100 valence electrons. The second-order valence-corrected chi connectivity index (χ2v) is 5.81. The van der Waals surface area contributed by atoms with Gasteiger partial charge in [-0.2, -0.15) is 0 Å². The number of nitrogens with one attached hydrogen (secondary N) is 1. The van der Waals surface area contributed by atoms with Gasteiger partial charge in [-0.05, 0) is 56.2 Å². The highest BCUT2D eigenvalue weighted by Crippen LogP contribution is 2.52. The molecule has 1 saturated carbocycles. The molecule has 18 heavy (non-hydrogen) atoms. The van der Waals surface area contributed by atoms with E-state index in [2.05, 4.69) is 19.2 Å².